The van der Waals surface area contributed by atoms with Crippen molar-refractivity contribution in [1.82, 2.24) is 10.2 Å². The molecular formula is C16H21N3O2. The lowest BCUT2D eigenvalue weighted by Crippen LogP contribution is -2.43. The van der Waals surface area contributed by atoms with Gasteiger partial charge >= 0.3 is 0 Å². The van der Waals surface area contributed by atoms with Crippen molar-refractivity contribution in [1.29, 1.82) is 5.26 Å². The van der Waals surface area contributed by atoms with Crippen LogP contribution in [0.3, 0.4) is 0 Å². The van der Waals surface area contributed by atoms with Crippen molar-refractivity contribution in [3.8, 4) is 11.8 Å². The maximum absolute atomic E-state index is 12.0. The highest BCUT2D eigenvalue weighted by Crippen LogP contribution is 2.15. The van der Waals surface area contributed by atoms with Gasteiger partial charge in [0.25, 0.3) is 5.91 Å². The molecule has 21 heavy (non-hydrogen) atoms. The van der Waals surface area contributed by atoms with E-state index < -0.39 is 6.10 Å². The Morgan fingerprint density at radius 3 is 2.81 bits per heavy atom. The largest absolute Gasteiger partial charge is 0.481 e. The van der Waals surface area contributed by atoms with E-state index in [4.69, 9.17) is 10.00 Å². The van der Waals surface area contributed by atoms with Gasteiger partial charge in [-0.15, -0.1) is 0 Å². The van der Waals surface area contributed by atoms with Crippen LogP contribution in [-0.4, -0.2) is 43.1 Å². The van der Waals surface area contributed by atoms with Gasteiger partial charge in [-0.05, 0) is 57.6 Å². The van der Waals surface area contributed by atoms with Gasteiger partial charge in [0.1, 0.15) is 5.75 Å². The summed E-state index contributed by atoms with van der Waals surface area (Å²) >= 11 is 0. The molecule has 1 aromatic rings. The number of nitriles is 1. The molecule has 1 aliphatic heterocycles. The van der Waals surface area contributed by atoms with Gasteiger partial charge in [0.05, 0.1) is 11.6 Å². The molecule has 1 fully saturated rings. The Balaban J connectivity index is 1.80. The first kappa shape index (κ1) is 15.3. The van der Waals surface area contributed by atoms with E-state index in [0.29, 0.717) is 23.9 Å². The molecule has 1 N–H and O–H groups in total. The zero-order valence-electron chi connectivity index (χ0n) is 12.5. The van der Waals surface area contributed by atoms with E-state index in [1.54, 1.807) is 31.2 Å². The van der Waals surface area contributed by atoms with Crippen molar-refractivity contribution in [2.45, 2.75) is 31.9 Å². The van der Waals surface area contributed by atoms with E-state index in [1.165, 1.54) is 6.42 Å². The number of nitrogens with zero attached hydrogens (tertiary/aromatic N) is 2. The van der Waals surface area contributed by atoms with Crippen LogP contribution in [0.15, 0.2) is 24.3 Å². The molecule has 1 aliphatic rings. The minimum atomic E-state index is -0.551. The predicted octanol–water partition coefficient (Wildman–Crippen LogP) is 1.54. The lowest BCUT2D eigenvalue weighted by atomic mass is 10.2. The van der Waals surface area contributed by atoms with Crippen molar-refractivity contribution in [3.05, 3.63) is 29.8 Å². The molecule has 1 aromatic carbocycles. The monoisotopic (exact) mass is 287 g/mol. The van der Waals surface area contributed by atoms with Gasteiger partial charge in [0, 0.05) is 12.6 Å². The summed E-state index contributed by atoms with van der Waals surface area (Å²) in [6.45, 7) is 3.49. The van der Waals surface area contributed by atoms with Gasteiger partial charge in [-0.1, -0.05) is 0 Å². The first-order valence-electron chi connectivity index (χ1n) is 7.25. The highest BCUT2D eigenvalue weighted by atomic mass is 16.5. The Bertz CT molecular complexity index is 521. The first-order valence-corrected chi connectivity index (χ1v) is 7.25. The van der Waals surface area contributed by atoms with Crippen molar-refractivity contribution < 1.29 is 9.53 Å². The molecule has 112 valence electrons. The molecule has 1 amide bonds. The second kappa shape index (κ2) is 7.09. The highest BCUT2D eigenvalue weighted by molar-refractivity contribution is 5.80. The minimum Gasteiger partial charge on any atom is -0.481 e. The van der Waals surface area contributed by atoms with Crippen LogP contribution in [0.1, 0.15) is 25.3 Å². The van der Waals surface area contributed by atoms with E-state index in [9.17, 15) is 4.79 Å². The highest BCUT2D eigenvalue weighted by Gasteiger charge is 2.22. The van der Waals surface area contributed by atoms with Gasteiger partial charge < -0.3 is 15.0 Å². The Labute approximate surface area is 125 Å². The molecule has 0 aliphatic carbocycles. The maximum Gasteiger partial charge on any atom is 0.260 e. The van der Waals surface area contributed by atoms with Crippen molar-refractivity contribution in [2.75, 3.05) is 20.1 Å². The fourth-order valence-electron chi connectivity index (χ4n) is 2.46. The predicted molar refractivity (Wildman–Crippen MR) is 79.9 cm³/mol. The van der Waals surface area contributed by atoms with Gasteiger partial charge in [-0.2, -0.15) is 5.26 Å². The van der Waals surface area contributed by atoms with Crippen molar-refractivity contribution >= 4 is 5.91 Å². The quantitative estimate of drug-likeness (QED) is 0.892. The molecule has 0 spiro atoms. The summed E-state index contributed by atoms with van der Waals surface area (Å²) in [6, 6.07) is 9.22. The van der Waals surface area contributed by atoms with Crippen molar-refractivity contribution in [3.63, 3.8) is 0 Å². The molecule has 2 rings (SSSR count). The molecule has 0 saturated carbocycles. The van der Waals surface area contributed by atoms with Crippen LogP contribution in [0.25, 0.3) is 0 Å². The Morgan fingerprint density at radius 2 is 2.24 bits per heavy atom. The van der Waals surface area contributed by atoms with Crippen LogP contribution < -0.4 is 10.1 Å². The van der Waals surface area contributed by atoms with Gasteiger partial charge in [0.15, 0.2) is 6.10 Å². The molecule has 1 saturated heterocycles. The topological polar surface area (TPSA) is 65.4 Å². The average molecular weight is 287 g/mol. The average Bonchev–Trinajstić information content (AvgIpc) is 2.90. The van der Waals surface area contributed by atoms with E-state index in [0.717, 1.165) is 13.0 Å². The Hall–Kier alpha value is -2.06. The van der Waals surface area contributed by atoms with Crippen LogP contribution in [0.4, 0.5) is 0 Å². The second-order valence-electron chi connectivity index (χ2n) is 5.42. The number of carbonyl (C=O) groups excluding carboxylic acids is 1. The molecule has 0 radical (unpaired) electrons. The summed E-state index contributed by atoms with van der Waals surface area (Å²) < 4.78 is 5.58. The summed E-state index contributed by atoms with van der Waals surface area (Å²) in [5, 5.41) is 11.7. The van der Waals surface area contributed by atoms with Crippen LogP contribution in [0.5, 0.6) is 5.75 Å². The summed E-state index contributed by atoms with van der Waals surface area (Å²) in [5.41, 5.74) is 0.573. The number of likely N-dealkylation sites (tertiary alicyclic amines) is 1. The second-order valence-corrected chi connectivity index (χ2v) is 5.42. The van der Waals surface area contributed by atoms with Crippen molar-refractivity contribution in [2.24, 2.45) is 0 Å². The van der Waals surface area contributed by atoms with Gasteiger partial charge in [-0.3, -0.25) is 4.79 Å². The number of carbonyl (C=O) groups is 1. The summed E-state index contributed by atoms with van der Waals surface area (Å²) in [5.74, 6) is 0.481. The third-order valence-corrected chi connectivity index (χ3v) is 3.85. The van der Waals surface area contributed by atoms with E-state index in [1.807, 2.05) is 6.07 Å². The summed E-state index contributed by atoms with van der Waals surface area (Å²) in [4.78, 5) is 14.3. The number of ether oxygens (including phenoxy) is 1. The molecule has 0 bridgehead atoms. The van der Waals surface area contributed by atoms with Crippen LogP contribution in [0.2, 0.25) is 0 Å². The zero-order valence-corrected chi connectivity index (χ0v) is 12.5. The normalized spacial score (nSPS) is 19.8. The third-order valence-electron chi connectivity index (χ3n) is 3.85. The van der Waals surface area contributed by atoms with Crippen LogP contribution in [0, 0.1) is 11.3 Å². The number of hydrogen-bond acceptors (Lipinski definition) is 4. The molecule has 5 heteroatoms. The Kier molecular flexibility index (Phi) is 5.18. The van der Waals surface area contributed by atoms with Gasteiger partial charge in [0.2, 0.25) is 0 Å². The van der Waals surface area contributed by atoms with Gasteiger partial charge in [-0.25, -0.2) is 0 Å². The van der Waals surface area contributed by atoms with E-state index >= 15 is 0 Å². The maximum atomic E-state index is 12.0. The fraction of sp³-hybridized carbons (Fsp3) is 0.500. The number of amides is 1. The molecule has 0 aromatic heterocycles. The number of rotatable bonds is 5. The lowest BCUT2D eigenvalue weighted by Gasteiger charge is -2.21. The minimum absolute atomic E-state index is 0.111. The fourth-order valence-corrected chi connectivity index (χ4v) is 2.46. The molecule has 2 atom stereocenters. The smallest absolute Gasteiger partial charge is 0.260 e. The SMILES string of the molecule is CC(Oc1ccc(C#N)cc1)C(=O)NCC1CCCN1C. The summed E-state index contributed by atoms with van der Waals surface area (Å²) in [6.07, 6.45) is 1.76. The number of likely N-dealkylation sites (N-methyl/N-ethyl adjacent to an activating group) is 1. The summed E-state index contributed by atoms with van der Waals surface area (Å²) in [7, 11) is 2.08. The number of nitrogens with one attached hydrogen (secondary N) is 1. The number of benzene rings is 1. The van der Waals surface area contributed by atoms with Crippen LogP contribution in [-0.2, 0) is 4.79 Å². The zero-order chi connectivity index (χ0) is 15.2. The molecule has 2 unspecified atom stereocenters. The number of hydrogen-bond donors (Lipinski definition) is 1. The third kappa shape index (κ3) is 4.20. The lowest BCUT2D eigenvalue weighted by molar-refractivity contribution is -0.127. The molecular weight excluding hydrogens is 266 g/mol. The standard InChI is InChI=1S/C16H21N3O2/c1-12(21-15-7-5-13(10-17)6-8-15)16(20)18-11-14-4-3-9-19(14)2/h5-8,12,14H,3-4,9,11H2,1-2H3,(H,18,20). The van der Waals surface area contributed by atoms with Crippen LogP contribution >= 0.6 is 0 Å². The first-order chi connectivity index (χ1) is 10.1. The Morgan fingerprint density at radius 1 is 1.52 bits per heavy atom. The van der Waals surface area contributed by atoms with E-state index in [-0.39, 0.29) is 5.91 Å². The van der Waals surface area contributed by atoms with E-state index in [2.05, 4.69) is 17.3 Å². The molecule has 5 nitrogen and oxygen atoms in total. The molecule has 1 heterocycles.